The van der Waals surface area contributed by atoms with Crippen molar-refractivity contribution < 1.29 is 9.47 Å². The Labute approximate surface area is 129 Å². The molecule has 0 saturated carbocycles. The minimum atomic E-state index is -0.645. The van der Waals surface area contributed by atoms with Crippen molar-refractivity contribution in [2.75, 3.05) is 7.11 Å². The van der Waals surface area contributed by atoms with Crippen molar-refractivity contribution in [3.63, 3.8) is 0 Å². The van der Waals surface area contributed by atoms with E-state index in [4.69, 9.17) is 21.1 Å². The van der Waals surface area contributed by atoms with Crippen molar-refractivity contribution in [1.29, 1.82) is 0 Å². The third-order valence-electron chi connectivity index (χ3n) is 4.27. The number of ether oxygens (including phenoxy) is 2. The van der Waals surface area contributed by atoms with Crippen LogP contribution in [0.3, 0.4) is 0 Å². The molecule has 2 unspecified atom stereocenters. The summed E-state index contributed by atoms with van der Waals surface area (Å²) in [6.07, 6.45) is 2.78. The standard InChI is InChI=1S/C18H15ClO2/c1-20-18-10-13-4-2-3-5-15(13)17(21-18)16(11-18)12-6-8-14(19)9-7-12/h2-9,11,17H,10H2,1H3. The van der Waals surface area contributed by atoms with Gasteiger partial charge >= 0.3 is 0 Å². The first-order valence-electron chi connectivity index (χ1n) is 7.00. The summed E-state index contributed by atoms with van der Waals surface area (Å²) < 4.78 is 11.9. The second-order valence-electron chi connectivity index (χ2n) is 5.50. The summed E-state index contributed by atoms with van der Waals surface area (Å²) in [6, 6.07) is 16.3. The van der Waals surface area contributed by atoms with Crippen LogP contribution in [0.1, 0.15) is 22.8 Å². The van der Waals surface area contributed by atoms with E-state index < -0.39 is 5.79 Å². The zero-order chi connectivity index (χ0) is 14.4. The fourth-order valence-corrected chi connectivity index (χ4v) is 3.33. The number of hydrogen-bond donors (Lipinski definition) is 0. The Morgan fingerprint density at radius 1 is 1.14 bits per heavy atom. The minimum Gasteiger partial charge on any atom is -0.349 e. The molecule has 2 bridgehead atoms. The number of fused-ring (bicyclic) bond motifs is 4. The first-order valence-corrected chi connectivity index (χ1v) is 7.38. The maximum absolute atomic E-state index is 6.21. The van der Waals surface area contributed by atoms with Crippen LogP contribution < -0.4 is 0 Å². The Kier molecular flexibility index (Phi) is 2.93. The van der Waals surface area contributed by atoms with Crippen LogP contribution in [0.4, 0.5) is 0 Å². The minimum absolute atomic E-state index is 0.0731. The van der Waals surface area contributed by atoms with Gasteiger partial charge < -0.3 is 9.47 Å². The number of benzene rings is 2. The van der Waals surface area contributed by atoms with Gasteiger partial charge in [0, 0.05) is 18.6 Å². The zero-order valence-electron chi connectivity index (χ0n) is 11.7. The summed E-state index contributed by atoms with van der Waals surface area (Å²) in [5.74, 6) is -0.645. The summed E-state index contributed by atoms with van der Waals surface area (Å²) >= 11 is 5.99. The number of rotatable bonds is 2. The van der Waals surface area contributed by atoms with E-state index in [1.54, 1.807) is 7.11 Å². The van der Waals surface area contributed by atoms with Gasteiger partial charge in [-0.15, -0.1) is 0 Å². The molecule has 0 fully saturated rings. The fraction of sp³-hybridized carbons (Fsp3) is 0.222. The number of methoxy groups -OCH3 is 1. The molecule has 0 aromatic heterocycles. The van der Waals surface area contributed by atoms with Crippen molar-refractivity contribution in [2.45, 2.75) is 18.3 Å². The molecule has 0 saturated heterocycles. The molecule has 0 aliphatic carbocycles. The number of hydrogen-bond acceptors (Lipinski definition) is 2. The largest absolute Gasteiger partial charge is 0.349 e. The highest BCUT2D eigenvalue weighted by Crippen LogP contribution is 2.50. The Hall–Kier alpha value is -1.61. The molecule has 0 radical (unpaired) electrons. The summed E-state index contributed by atoms with van der Waals surface area (Å²) in [6.45, 7) is 0. The molecule has 2 nitrogen and oxygen atoms in total. The van der Waals surface area contributed by atoms with E-state index in [0.717, 1.165) is 22.6 Å². The average Bonchev–Trinajstić information content (AvgIpc) is 2.83. The number of halogens is 1. The molecule has 3 heteroatoms. The molecule has 2 aromatic carbocycles. The average molecular weight is 299 g/mol. The molecule has 2 heterocycles. The molecule has 21 heavy (non-hydrogen) atoms. The smallest absolute Gasteiger partial charge is 0.193 e. The van der Waals surface area contributed by atoms with E-state index in [1.165, 1.54) is 11.1 Å². The maximum atomic E-state index is 6.21. The molecular formula is C18H15ClO2. The fourth-order valence-electron chi connectivity index (χ4n) is 3.21. The second kappa shape index (κ2) is 4.70. The van der Waals surface area contributed by atoms with E-state index in [1.807, 2.05) is 24.3 Å². The predicted molar refractivity (Wildman–Crippen MR) is 83.1 cm³/mol. The highest BCUT2D eigenvalue weighted by molar-refractivity contribution is 6.30. The molecule has 2 atom stereocenters. The Morgan fingerprint density at radius 3 is 2.67 bits per heavy atom. The molecule has 2 aromatic rings. The summed E-state index contributed by atoms with van der Waals surface area (Å²) in [5, 5.41) is 0.739. The van der Waals surface area contributed by atoms with Gasteiger partial charge in [-0.05, 0) is 40.5 Å². The lowest BCUT2D eigenvalue weighted by molar-refractivity contribution is -0.199. The lowest BCUT2D eigenvalue weighted by Crippen LogP contribution is -2.36. The van der Waals surface area contributed by atoms with Gasteiger partial charge in [0.1, 0.15) is 6.10 Å². The first kappa shape index (κ1) is 13.1. The quantitative estimate of drug-likeness (QED) is 0.818. The highest BCUT2D eigenvalue weighted by Gasteiger charge is 2.46. The van der Waals surface area contributed by atoms with Crippen LogP contribution in [-0.4, -0.2) is 12.9 Å². The molecule has 2 aliphatic heterocycles. The zero-order valence-corrected chi connectivity index (χ0v) is 12.4. The lowest BCUT2D eigenvalue weighted by atomic mass is 9.93. The molecule has 0 amide bonds. The van der Waals surface area contributed by atoms with Crippen molar-refractivity contribution in [3.05, 3.63) is 76.3 Å². The van der Waals surface area contributed by atoms with E-state index >= 15 is 0 Å². The van der Waals surface area contributed by atoms with E-state index in [-0.39, 0.29) is 6.10 Å². The third kappa shape index (κ3) is 2.03. The molecule has 106 valence electrons. The van der Waals surface area contributed by atoms with Gasteiger partial charge in [-0.1, -0.05) is 48.0 Å². The van der Waals surface area contributed by atoms with Crippen LogP contribution in [0, 0.1) is 0 Å². The second-order valence-corrected chi connectivity index (χ2v) is 5.93. The molecule has 2 aliphatic rings. The van der Waals surface area contributed by atoms with Crippen LogP contribution in [-0.2, 0) is 15.9 Å². The summed E-state index contributed by atoms with van der Waals surface area (Å²) in [5.41, 5.74) is 4.79. The molecule has 0 spiro atoms. The predicted octanol–water partition coefficient (Wildman–Crippen LogP) is 4.39. The van der Waals surface area contributed by atoms with Crippen LogP contribution in [0.25, 0.3) is 5.57 Å². The van der Waals surface area contributed by atoms with Gasteiger partial charge in [0.2, 0.25) is 0 Å². The first-order chi connectivity index (χ1) is 10.2. The maximum Gasteiger partial charge on any atom is 0.193 e. The molecule has 0 N–H and O–H groups in total. The van der Waals surface area contributed by atoms with Gasteiger partial charge in [0.05, 0.1) is 0 Å². The normalized spacial score (nSPS) is 26.4. The van der Waals surface area contributed by atoms with Crippen molar-refractivity contribution in [2.24, 2.45) is 0 Å². The van der Waals surface area contributed by atoms with Crippen LogP contribution in [0.5, 0.6) is 0 Å². The van der Waals surface area contributed by atoms with Crippen LogP contribution >= 0.6 is 11.6 Å². The van der Waals surface area contributed by atoms with Gasteiger partial charge in [-0.3, -0.25) is 0 Å². The monoisotopic (exact) mass is 298 g/mol. The summed E-state index contributed by atoms with van der Waals surface area (Å²) in [7, 11) is 1.70. The third-order valence-corrected chi connectivity index (χ3v) is 4.52. The topological polar surface area (TPSA) is 18.5 Å². The Bertz CT molecular complexity index is 720. The van der Waals surface area contributed by atoms with Gasteiger partial charge in [0.25, 0.3) is 0 Å². The van der Waals surface area contributed by atoms with Crippen molar-refractivity contribution in [1.82, 2.24) is 0 Å². The van der Waals surface area contributed by atoms with Gasteiger partial charge in [-0.2, -0.15) is 0 Å². The highest BCUT2D eigenvalue weighted by atomic mass is 35.5. The lowest BCUT2D eigenvalue weighted by Gasteiger charge is -2.33. The van der Waals surface area contributed by atoms with E-state index in [0.29, 0.717) is 0 Å². The Morgan fingerprint density at radius 2 is 1.90 bits per heavy atom. The van der Waals surface area contributed by atoms with Gasteiger partial charge in [-0.25, -0.2) is 0 Å². The molecule has 4 rings (SSSR count). The van der Waals surface area contributed by atoms with Crippen molar-refractivity contribution in [3.8, 4) is 0 Å². The van der Waals surface area contributed by atoms with Crippen LogP contribution in [0.2, 0.25) is 5.02 Å². The Balaban J connectivity index is 1.85. The summed E-state index contributed by atoms with van der Waals surface area (Å²) in [4.78, 5) is 0. The van der Waals surface area contributed by atoms with Crippen molar-refractivity contribution >= 4 is 17.2 Å². The van der Waals surface area contributed by atoms with E-state index in [9.17, 15) is 0 Å². The van der Waals surface area contributed by atoms with Crippen LogP contribution in [0.15, 0.2) is 54.6 Å². The van der Waals surface area contributed by atoms with E-state index in [2.05, 4.69) is 30.3 Å². The van der Waals surface area contributed by atoms with Gasteiger partial charge in [0.15, 0.2) is 5.79 Å². The SMILES string of the molecule is COC12C=C(c3ccc(Cl)cc3)C(O1)c1ccccc1C2. The molecular weight excluding hydrogens is 284 g/mol.